The van der Waals surface area contributed by atoms with Crippen LogP contribution in [-0.2, 0) is 26.6 Å². The fraction of sp³-hybridized carbons (Fsp3) is 0.368. The van der Waals surface area contributed by atoms with Crippen LogP contribution >= 0.6 is 0 Å². The maximum Gasteiger partial charge on any atom is 0.355 e. The second-order valence-corrected chi connectivity index (χ2v) is 8.98. The van der Waals surface area contributed by atoms with Gasteiger partial charge in [-0.05, 0) is 19.1 Å². The van der Waals surface area contributed by atoms with Crippen molar-refractivity contribution in [2.24, 2.45) is 7.05 Å². The van der Waals surface area contributed by atoms with Gasteiger partial charge < -0.3 is 14.2 Å². The number of aryl methyl sites for hydroxylation is 1. The zero-order valence-corrected chi connectivity index (χ0v) is 17.8. The average molecular weight is 450 g/mol. The van der Waals surface area contributed by atoms with Gasteiger partial charge in [-0.25, -0.2) is 13.2 Å². The Hall–Kier alpha value is -3.25. The van der Waals surface area contributed by atoms with Gasteiger partial charge in [0, 0.05) is 39.3 Å². The number of aromatic nitrogens is 1. The first-order valence-corrected chi connectivity index (χ1v) is 10.9. The summed E-state index contributed by atoms with van der Waals surface area (Å²) in [6.45, 7) is 1.96. The van der Waals surface area contributed by atoms with Crippen LogP contribution < -0.4 is 0 Å². The molecule has 0 spiro atoms. The summed E-state index contributed by atoms with van der Waals surface area (Å²) in [7, 11) is -2.18. The van der Waals surface area contributed by atoms with E-state index in [-0.39, 0.29) is 42.5 Å². The van der Waals surface area contributed by atoms with Crippen molar-refractivity contribution >= 4 is 27.6 Å². The molecule has 166 valence electrons. The number of benzene rings is 1. The molecule has 1 amide bonds. The molecule has 2 heterocycles. The summed E-state index contributed by atoms with van der Waals surface area (Å²) in [4.78, 5) is 36.8. The summed E-state index contributed by atoms with van der Waals surface area (Å²) >= 11 is 0. The van der Waals surface area contributed by atoms with E-state index >= 15 is 0 Å². The number of piperazine rings is 1. The quantitative estimate of drug-likeness (QED) is 0.364. The van der Waals surface area contributed by atoms with E-state index in [1.165, 1.54) is 46.1 Å². The molecule has 0 N–H and O–H groups in total. The molecule has 1 aromatic carbocycles. The van der Waals surface area contributed by atoms with Crippen LogP contribution in [0.15, 0.2) is 47.5 Å². The van der Waals surface area contributed by atoms with Gasteiger partial charge in [-0.1, -0.05) is 18.2 Å². The highest BCUT2D eigenvalue weighted by Gasteiger charge is 2.33. The molecule has 3 rings (SSSR count). The number of nitrogens with zero attached hydrogens (tertiary/aromatic N) is 4. The van der Waals surface area contributed by atoms with Gasteiger partial charge in [0.1, 0.15) is 5.69 Å². The van der Waals surface area contributed by atoms with Crippen molar-refractivity contribution in [3.8, 4) is 0 Å². The number of carbonyl (C=O) groups is 2. The van der Waals surface area contributed by atoms with E-state index in [1.807, 2.05) is 0 Å². The largest absolute Gasteiger partial charge is 0.448 e. The number of ether oxygens (including phenoxy) is 1. The van der Waals surface area contributed by atoms with Gasteiger partial charge in [-0.2, -0.15) is 4.31 Å². The van der Waals surface area contributed by atoms with Crippen LogP contribution in [0.2, 0.25) is 0 Å². The summed E-state index contributed by atoms with van der Waals surface area (Å²) in [6, 6.07) is 9.12. The Balaban J connectivity index is 1.59. The molecule has 11 nitrogen and oxygen atoms in total. The minimum atomic E-state index is -3.64. The third-order valence-corrected chi connectivity index (χ3v) is 6.89. The molecule has 1 aliphatic heterocycles. The molecular formula is C19H22N4O7S. The molecule has 1 saturated heterocycles. The SMILES string of the molecule is CC(OC(=O)c1cc([N+](=O)[O-])cn1C)C(=O)N1CCN(S(=O)(=O)c2ccccc2)CC1. The van der Waals surface area contributed by atoms with Crippen molar-refractivity contribution in [2.75, 3.05) is 26.2 Å². The minimum absolute atomic E-state index is 0.0508. The third-order valence-electron chi connectivity index (χ3n) is 4.97. The van der Waals surface area contributed by atoms with Crippen LogP contribution in [0.25, 0.3) is 0 Å². The molecular weight excluding hydrogens is 428 g/mol. The molecule has 0 bridgehead atoms. The summed E-state index contributed by atoms with van der Waals surface area (Å²) in [5.41, 5.74) is -0.311. The summed E-state index contributed by atoms with van der Waals surface area (Å²) in [5.74, 6) is -1.32. The molecule has 2 aromatic rings. The van der Waals surface area contributed by atoms with E-state index in [4.69, 9.17) is 4.74 Å². The number of hydrogen-bond donors (Lipinski definition) is 0. The lowest BCUT2D eigenvalue weighted by Crippen LogP contribution is -2.52. The first kappa shape index (κ1) is 22.4. The van der Waals surface area contributed by atoms with E-state index in [0.29, 0.717) is 0 Å². The summed E-state index contributed by atoms with van der Waals surface area (Å²) < 4.78 is 33.1. The average Bonchev–Trinajstić information content (AvgIpc) is 3.16. The second kappa shape index (κ2) is 8.86. The molecule has 1 aromatic heterocycles. The Labute approximate surface area is 179 Å². The van der Waals surface area contributed by atoms with Crippen molar-refractivity contribution in [2.45, 2.75) is 17.9 Å². The van der Waals surface area contributed by atoms with Crippen LogP contribution in [0, 0.1) is 10.1 Å². The lowest BCUT2D eigenvalue weighted by molar-refractivity contribution is -0.384. The first-order valence-electron chi connectivity index (χ1n) is 9.47. The van der Waals surface area contributed by atoms with E-state index in [0.717, 1.165) is 6.07 Å². The number of amides is 1. The highest BCUT2D eigenvalue weighted by molar-refractivity contribution is 7.89. The molecule has 1 aliphatic rings. The highest BCUT2D eigenvalue weighted by atomic mass is 32.2. The monoisotopic (exact) mass is 450 g/mol. The van der Waals surface area contributed by atoms with E-state index in [9.17, 15) is 28.1 Å². The van der Waals surface area contributed by atoms with Gasteiger partial charge in [0.25, 0.3) is 11.6 Å². The van der Waals surface area contributed by atoms with E-state index in [2.05, 4.69) is 0 Å². The molecule has 31 heavy (non-hydrogen) atoms. The number of sulfonamides is 1. The first-order chi connectivity index (χ1) is 14.6. The number of hydrogen-bond acceptors (Lipinski definition) is 7. The molecule has 1 unspecified atom stereocenters. The maximum atomic E-state index is 12.7. The normalized spacial score (nSPS) is 16.0. The molecule has 0 saturated carbocycles. The topological polar surface area (TPSA) is 132 Å². The van der Waals surface area contributed by atoms with Gasteiger partial charge in [-0.3, -0.25) is 14.9 Å². The lowest BCUT2D eigenvalue weighted by atomic mass is 10.3. The number of rotatable bonds is 6. The molecule has 1 fully saturated rings. The molecule has 0 aliphatic carbocycles. The van der Waals surface area contributed by atoms with Gasteiger partial charge in [0.2, 0.25) is 10.0 Å². The Morgan fingerprint density at radius 1 is 1.13 bits per heavy atom. The number of carbonyl (C=O) groups excluding carboxylic acids is 2. The van der Waals surface area contributed by atoms with Crippen LogP contribution in [0.1, 0.15) is 17.4 Å². The van der Waals surface area contributed by atoms with Crippen LogP contribution in [-0.4, -0.2) is 71.3 Å². The maximum absolute atomic E-state index is 12.7. The van der Waals surface area contributed by atoms with Crippen molar-refractivity contribution in [1.29, 1.82) is 0 Å². The van der Waals surface area contributed by atoms with Gasteiger partial charge >= 0.3 is 5.97 Å². The second-order valence-electron chi connectivity index (χ2n) is 7.04. The smallest absolute Gasteiger partial charge is 0.355 e. The lowest BCUT2D eigenvalue weighted by Gasteiger charge is -2.35. The highest BCUT2D eigenvalue weighted by Crippen LogP contribution is 2.19. The van der Waals surface area contributed by atoms with E-state index < -0.39 is 32.9 Å². The van der Waals surface area contributed by atoms with Crippen molar-refractivity contribution in [3.63, 3.8) is 0 Å². The van der Waals surface area contributed by atoms with Gasteiger partial charge in [0.15, 0.2) is 6.10 Å². The Bertz CT molecular complexity index is 1090. The Morgan fingerprint density at radius 3 is 2.29 bits per heavy atom. The van der Waals surface area contributed by atoms with Crippen LogP contribution in [0.3, 0.4) is 0 Å². The fourth-order valence-electron chi connectivity index (χ4n) is 3.27. The standard InChI is InChI=1S/C19H22N4O7S/c1-14(30-19(25)17-12-15(23(26)27)13-20(17)2)18(24)21-8-10-22(11-9-21)31(28,29)16-6-4-3-5-7-16/h3-7,12-14H,8-11H2,1-2H3. The summed E-state index contributed by atoms with van der Waals surface area (Å²) in [6.07, 6.45) is 0.0499. The zero-order valence-electron chi connectivity index (χ0n) is 17.0. The van der Waals surface area contributed by atoms with Gasteiger partial charge in [0.05, 0.1) is 16.0 Å². The zero-order chi connectivity index (χ0) is 22.8. The van der Waals surface area contributed by atoms with Crippen LogP contribution in [0.5, 0.6) is 0 Å². The van der Waals surface area contributed by atoms with Crippen LogP contribution in [0.4, 0.5) is 5.69 Å². The Kier molecular flexibility index (Phi) is 6.41. The molecule has 0 radical (unpaired) electrons. The minimum Gasteiger partial charge on any atom is -0.448 e. The van der Waals surface area contributed by atoms with Gasteiger partial charge in [-0.15, -0.1) is 0 Å². The fourth-order valence-corrected chi connectivity index (χ4v) is 4.71. The molecule has 1 atom stereocenters. The van der Waals surface area contributed by atoms with Crippen molar-refractivity contribution in [3.05, 3.63) is 58.4 Å². The van der Waals surface area contributed by atoms with Crippen molar-refractivity contribution in [1.82, 2.24) is 13.8 Å². The summed E-state index contributed by atoms with van der Waals surface area (Å²) in [5, 5.41) is 10.8. The predicted molar refractivity (Wildman–Crippen MR) is 109 cm³/mol. The molecule has 12 heteroatoms. The van der Waals surface area contributed by atoms with E-state index in [1.54, 1.807) is 18.2 Å². The van der Waals surface area contributed by atoms with Crippen molar-refractivity contribution < 1.29 is 27.7 Å². The Morgan fingerprint density at radius 2 is 1.74 bits per heavy atom. The predicted octanol–water partition coefficient (Wildman–Crippen LogP) is 1.01. The number of nitro groups is 1. The third kappa shape index (κ3) is 4.75. The number of esters is 1.